The Balaban J connectivity index is 3.12. The summed E-state index contributed by atoms with van der Waals surface area (Å²) in [5.41, 5.74) is 1.64. The zero-order valence-electron chi connectivity index (χ0n) is 6.59. The number of hydrogen-bond donors (Lipinski definition) is 0. The molecule has 0 atom stereocenters. The van der Waals surface area contributed by atoms with Gasteiger partial charge >= 0.3 is 0 Å². The fraction of sp³-hybridized carbons (Fsp3) is 0.222. The Labute approximate surface area is 66.2 Å². The van der Waals surface area contributed by atoms with Gasteiger partial charge in [0.05, 0.1) is 12.8 Å². The van der Waals surface area contributed by atoms with E-state index in [-0.39, 0.29) is 0 Å². The average Bonchev–Trinajstić information content (AvgIpc) is 2.04. The van der Waals surface area contributed by atoms with Crippen molar-refractivity contribution < 1.29 is 4.74 Å². The highest BCUT2D eigenvalue weighted by molar-refractivity contribution is 5.37. The van der Waals surface area contributed by atoms with E-state index in [1.165, 1.54) is 0 Å². The van der Waals surface area contributed by atoms with E-state index in [2.05, 4.69) is 10.9 Å². The molecule has 1 aromatic rings. The van der Waals surface area contributed by atoms with Gasteiger partial charge in [-0.25, -0.2) is 4.98 Å². The molecule has 1 heterocycles. The molecular formula is C9H9NO. The van der Waals surface area contributed by atoms with Crippen molar-refractivity contribution in [1.29, 1.82) is 0 Å². The van der Waals surface area contributed by atoms with Crippen LogP contribution < -0.4 is 4.74 Å². The summed E-state index contributed by atoms with van der Waals surface area (Å²) >= 11 is 0. The van der Waals surface area contributed by atoms with Crippen LogP contribution in [0.2, 0.25) is 0 Å². The van der Waals surface area contributed by atoms with Crippen molar-refractivity contribution in [2.24, 2.45) is 0 Å². The third kappa shape index (κ3) is 1.50. The molecule has 0 amide bonds. The van der Waals surface area contributed by atoms with E-state index in [9.17, 15) is 0 Å². The molecule has 0 radical (unpaired) electrons. The van der Waals surface area contributed by atoms with Crippen molar-refractivity contribution in [3.05, 3.63) is 23.4 Å². The van der Waals surface area contributed by atoms with E-state index < -0.39 is 0 Å². The Hall–Kier alpha value is -1.49. The molecule has 0 aliphatic heterocycles. The first-order valence-corrected chi connectivity index (χ1v) is 3.26. The van der Waals surface area contributed by atoms with Gasteiger partial charge in [0.1, 0.15) is 0 Å². The van der Waals surface area contributed by atoms with Crippen LogP contribution in [-0.2, 0) is 0 Å². The minimum Gasteiger partial charge on any atom is -0.481 e. The van der Waals surface area contributed by atoms with Gasteiger partial charge in [0.15, 0.2) is 0 Å². The van der Waals surface area contributed by atoms with Crippen molar-refractivity contribution in [2.75, 3.05) is 7.11 Å². The molecule has 0 saturated carbocycles. The summed E-state index contributed by atoms with van der Waals surface area (Å²) in [7, 11) is 1.58. The van der Waals surface area contributed by atoms with E-state index in [0.717, 1.165) is 11.3 Å². The fourth-order valence-corrected chi connectivity index (χ4v) is 0.804. The van der Waals surface area contributed by atoms with Gasteiger partial charge in [-0.2, -0.15) is 0 Å². The number of aromatic nitrogens is 1. The lowest BCUT2D eigenvalue weighted by Crippen LogP contribution is -1.91. The molecule has 0 aromatic carbocycles. The van der Waals surface area contributed by atoms with Crippen LogP contribution in [0.1, 0.15) is 11.3 Å². The lowest BCUT2D eigenvalue weighted by Gasteiger charge is -2.00. The number of nitrogens with zero attached hydrogens (tertiary/aromatic N) is 1. The Bertz CT molecular complexity index is 299. The number of pyridine rings is 1. The number of aryl methyl sites for hydroxylation is 1. The number of ether oxygens (including phenoxy) is 1. The topological polar surface area (TPSA) is 22.1 Å². The number of terminal acetylenes is 1. The number of methoxy groups -OCH3 is 1. The third-order valence-electron chi connectivity index (χ3n) is 1.42. The minimum atomic E-state index is 0.599. The molecule has 0 spiro atoms. The zero-order chi connectivity index (χ0) is 8.27. The zero-order valence-corrected chi connectivity index (χ0v) is 6.59. The van der Waals surface area contributed by atoms with Crippen LogP contribution in [-0.4, -0.2) is 12.1 Å². The normalized spacial score (nSPS) is 8.82. The first-order chi connectivity index (χ1) is 5.27. The second kappa shape index (κ2) is 3.07. The monoisotopic (exact) mass is 147 g/mol. The van der Waals surface area contributed by atoms with Crippen LogP contribution in [0.4, 0.5) is 0 Å². The molecule has 2 nitrogen and oxygen atoms in total. The molecule has 0 saturated heterocycles. The van der Waals surface area contributed by atoms with Crippen LogP contribution >= 0.6 is 0 Å². The molecule has 0 aliphatic rings. The molecule has 0 bridgehead atoms. The lowest BCUT2D eigenvalue weighted by molar-refractivity contribution is 0.397. The highest BCUT2D eigenvalue weighted by Crippen LogP contribution is 2.10. The van der Waals surface area contributed by atoms with Crippen LogP contribution in [0.25, 0.3) is 0 Å². The van der Waals surface area contributed by atoms with Crippen molar-refractivity contribution in [3.63, 3.8) is 0 Å². The van der Waals surface area contributed by atoms with Crippen molar-refractivity contribution in [2.45, 2.75) is 6.92 Å². The summed E-state index contributed by atoms with van der Waals surface area (Å²) in [6, 6.07) is 3.57. The maximum Gasteiger partial charge on any atom is 0.213 e. The maximum absolute atomic E-state index is 5.21. The van der Waals surface area contributed by atoms with E-state index in [0.29, 0.717) is 5.88 Å². The molecule has 0 unspecified atom stereocenters. The highest BCUT2D eigenvalue weighted by Gasteiger charge is 1.97. The first kappa shape index (κ1) is 7.62. The van der Waals surface area contributed by atoms with Gasteiger partial charge in [0.2, 0.25) is 5.88 Å². The van der Waals surface area contributed by atoms with Gasteiger partial charge < -0.3 is 4.74 Å². The van der Waals surface area contributed by atoms with Gasteiger partial charge in [-0.15, -0.1) is 6.42 Å². The predicted octanol–water partition coefficient (Wildman–Crippen LogP) is 1.38. The molecule has 2 heteroatoms. The van der Waals surface area contributed by atoms with E-state index in [4.69, 9.17) is 11.2 Å². The quantitative estimate of drug-likeness (QED) is 0.560. The Kier molecular flexibility index (Phi) is 2.12. The standard InChI is InChI=1S/C9H9NO/c1-4-8-5-6-9(11-3)10-7(8)2/h1,5-6H,2-3H3. The third-order valence-corrected chi connectivity index (χ3v) is 1.42. The van der Waals surface area contributed by atoms with E-state index in [1.807, 2.05) is 13.0 Å². The van der Waals surface area contributed by atoms with Crippen molar-refractivity contribution in [3.8, 4) is 18.2 Å². The van der Waals surface area contributed by atoms with Crippen LogP contribution in [0.3, 0.4) is 0 Å². The Morgan fingerprint density at radius 1 is 1.55 bits per heavy atom. The molecule has 0 N–H and O–H groups in total. The number of hydrogen-bond acceptors (Lipinski definition) is 2. The molecular weight excluding hydrogens is 138 g/mol. The van der Waals surface area contributed by atoms with Gasteiger partial charge in [-0.1, -0.05) is 5.92 Å². The van der Waals surface area contributed by atoms with E-state index in [1.54, 1.807) is 13.2 Å². The Morgan fingerprint density at radius 2 is 2.27 bits per heavy atom. The molecule has 56 valence electrons. The molecule has 1 rings (SSSR count). The summed E-state index contributed by atoms with van der Waals surface area (Å²) in [6.45, 7) is 1.86. The summed E-state index contributed by atoms with van der Waals surface area (Å²) < 4.78 is 4.91. The number of rotatable bonds is 1. The second-order valence-corrected chi connectivity index (χ2v) is 2.13. The Morgan fingerprint density at radius 3 is 2.73 bits per heavy atom. The van der Waals surface area contributed by atoms with Gasteiger partial charge in [0.25, 0.3) is 0 Å². The SMILES string of the molecule is C#Cc1ccc(OC)nc1C. The average molecular weight is 147 g/mol. The van der Waals surface area contributed by atoms with Crippen molar-refractivity contribution in [1.82, 2.24) is 4.98 Å². The van der Waals surface area contributed by atoms with Crippen LogP contribution in [0, 0.1) is 19.3 Å². The second-order valence-electron chi connectivity index (χ2n) is 2.13. The summed E-state index contributed by atoms with van der Waals surface area (Å²) in [5.74, 6) is 3.13. The van der Waals surface area contributed by atoms with E-state index >= 15 is 0 Å². The smallest absolute Gasteiger partial charge is 0.213 e. The van der Waals surface area contributed by atoms with Crippen molar-refractivity contribution >= 4 is 0 Å². The predicted molar refractivity (Wildman–Crippen MR) is 43.5 cm³/mol. The molecule has 0 aliphatic carbocycles. The van der Waals surface area contributed by atoms with Crippen LogP contribution in [0.15, 0.2) is 12.1 Å². The van der Waals surface area contributed by atoms with Gasteiger partial charge in [0, 0.05) is 11.6 Å². The lowest BCUT2D eigenvalue weighted by atomic mass is 10.2. The van der Waals surface area contributed by atoms with Gasteiger partial charge in [-0.3, -0.25) is 0 Å². The minimum absolute atomic E-state index is 0.599. The maximum atomic E-state index is 5.21. The molecule has 1 aromatic heterocycles. The first-order valence-electron chi connectivity index (χ1n) is 3.26. The fourth-order valence-electron chi connectivity index (χ4n) is 0.804. The molecule has 11 heavy (non-hydrogen) atoms. The van der Waals surface area contributed by atoms with Gasteiger partial charge in [-0.05, 0) is 13.0 Å². The summed E-state index contributed by atoms with van der Waals surface area (Å²) in [4.78, 5) is 4.10. The highest BCUT2D eigenvalue weighted by atomic mass is 16.5. The largest absolute Gasteiger partial charge is 0.481 e. The summed E-state index contributed by atoms with van der Waals surface area (Å²) in [6.07, 6.45) is 5.21. The molecule has 0 fully saturated rings. The summed E-state index contributed by atoms with van der Waals surface area (Å²) in [5, 5.41) is 0. The van der Waals surface area contributed by atoms with Crippen LogP contribution in [0.5, 0.6) is 5.88 Å².